The molecule has 1 amide bonds. The molecule has 0 aliphatic carbocycles. The van der Waals surface area contributed by atoms with Gasteiger partial charge in [-0.15, -0.1) is 0 Å². The highest BCUT2D eigenvalue weighted by Crippen LogP contribution is 2.43. The Bertz CT molecular complexity index is 1100. The number of nitrogens with two attached hydrogens (primary N) is 1. The van der Waals surface area contributed by atoms with Crippen LogP contribution >= 0.6 is 7.82 Å². The Hall–Kier alpha value is -1.54. The van der Waals surface area contributed by atoms with Crippen LogP contribution in [0.4, 0.5) is 0 Å². The number of nitrogens with one attached hydrogen (secondary N) is 1. The van der Waals surface area contributed by atoms with Gasteiger partial charge in [0.1, 0.15) is 0 Å². The molecule has 0 aliphatic rings. The first kappa shape index (κ1) is 59.5. The van der Waals surface area contributed by atoms with Crippen molar-refractivity contribution in [3.63, 3.8) is 0 Å². The molecule has 358 valence electrons. The summed E-state index contributed by atoms with van der Waals surface area (Å²) >= 11 is 0. The Labute approximate surface area is 377 Å². The summed E-state index contributed by atoms with van der Waals surface area (Å²) in [6.45, 7) is 4.12. The molecule has 0 fully saturated rings. The minimum Gasteiger partial charge on any atom is -0.387 e. The molecule has 0 heterocycles. The first-order chi connectivity index (χ1) is 29.9. The van der Waals surface area contributed by atoms with Crippen LogP contribution in [0.1, 0.15) is 245 Å². The predicted molar refractivity (Wildman–Crippen MR) is 263 cm³/mol. The third kappa shape index (κ3) is 46.3. The van der Waals surface area contributed by atoms with Gasteiger partial charge in [0, 0.05) is 13.0 Å². The maximum Gasteiger partial charge on any atom is 0.472 e. The summed E-state index contributed by atoms with van der Waals surface area (Å²) in [6, 6.07) is -0.885. The fraction of sp³-hybridized carbons (Fsp3) is 0.827. The van der Waals surface area contributed by atoms with Crippen molar-refractivity contribution in [3.8, 4) is 0 Å². The maximum absolute atomic E-state index is 12.8. The van der Waals surface area contributed by atoms with E-state index in [4.69, 9.17) is 14.8 Å². The number of allylic oxidation sites excluding steroid dienone is 7. The molecule has 0 radical (unpaired) electrons. The van der Waals surface area contributed by atoms with Crippen molar-refractivity contribution in [3.05, 3.63) is 48.6 Å². The highest BCUT2D eigenvalue weighted by atomic mass is 31.2. The van der Waals surface area contributed by atoms with Gasteiger partial charge in [0.15, 0.2) is 0 Å². The first-order valence-corrected chi connectivity index (χ1v) is 27.3. The highest BCUT2D eigenvalue weighted by molar-refractivity contribution is 7.47. The van der Waals surface area contributed by atoms with Crippen LogP contribution in [-0.4, -0.2) is 47.8 Å². The van der Waals surface area contributed by atoms with Crippen molar-refractivity contribution in [2.45, 2.75) is 257 Å². The number of carbonyl (C=O) groups excluding carboxylic acids is 1. The zero-order valence-corrected chi connectivity index (χ0v) is 40.8. The van der Waals surface area contributed by atoms with Gasteiger partial charge in [-0.3, -0.25) is 13.8 Å². The molecule has 3 unspecified atom stereocenters. The summed E-state index contributed by atoms with van der Waals surface area (Å²) < 4.78 is 22.2. The van der Waals surface area contributed by atoms with Gasteiger partial charge in [-0.1, -0.05) is 217 Å². The topological polar surface area (TPSA) is 131 Å². The van der Waals surface area contributed by atoms with E-state index in [1.54, 1.807) is 6.08 Å². The second-order valence-electron chi connectivity index (χ2n) is 17.4. The van der Waals surface area contributed by atoms with Crippen molar-refractivity contribution in [1.29, 1.82) is 0 Å². The molecule has 3 atom stereocenters. The molecular formula is C52H99N2O6P. The minimum absolute atomic E-state index is 0.0712. The van der Waals surface area contributed by atoms with Crippen LogP contribution in [0.3, 0.4) is 0 Å². The number of phosphoric ester groups is 1. The molecular weight excluding hydrogens is 780 g/mol. The van der Waals surface area contributed by atoms with Crippen LogP contribution in [0.2, 0.25) is 0 Å². The zero-order valence-electron chi connectivity index (χ0n) is 39.9. The van der Waals surface area contributed by atoms with Gasteiger partial charge in [0.2, 0.25) is 5.91 Å². The van der Waals surface area contributed by atoms with Gasteiger partial charge in [-0.25, -0.2) is 4.57 Å². The Kier molecular flexibility index (Phi) is 46.7. The lowest BCUT2D eigenvalue weighted by Crippen LogP contribution is -2.45. The molecule has 0 aromatic rings. The van der Waals surface area contributed by atoms with E-state index in [9.17, 15) is 19.4 Å². The maximum atomic E-state index is 12.8. The predicted octanol–water partition coefficient (Wildman–Crippen LogP) is 15.2. The van der Waals surface area contributed by atoms with Gasteiger partial charge in [0.25, 0.3) is 0 Å². The third-order valence-corrected chi connectivity index (χ3v) is 12.3. The monoisotopic (exact) mass is 879 g/mol. The minimum atomic E-state index is -4.36. The van der Waals surface area contributed by atoms with Gasteiger partial charge >= 0.3 is 7.82 Å². The van der Waals surface area contributed by atoms with Crippen LogP contribution < -0.4 is 11.1 Å². The number of hydrogen-bond donors (Lipinski definition) is 4. The van der Waals surface area contributed by atoms with Gasteiger partial charge in [-0.05, 0) is 70.6 Å². The average molecular weight is 879 g/mol. The van der Waals surface area contributed by atoms with E-state index in [1.807, 2.05) is 6.08 Å². The van der Waals surface area contributed by atoms with E-state index in [0.717, 1.165) is 44.9 Å². The summed E-state index contributed by atoms with van der Waals surface area (Å²) in [5.74, 6) is -0.208. The average Bonchev–Trinajstić information content (AvgIpc) is 3.25. The molecule has 9 heteroatoms. The van der Waals surface area contributed by atoms with E-state index >= 15 is 0 Å². The van der Waals surface area contributed by atoms with Crippen molar-refractivity contribution in [2.24, 2.45) is 5.73 Å². The quantitative estimate of drug-likeness (QED) is 0.0272. The molecule has 0 saturated carbocycles. The zero-order chi connectivity index (χ0) is 44.6. The van der Waals surface area contributed by atoms with Crippen LogP contribution in [0.25, 0.3) is 0 Å². The summed E-state index contributed by atoms with van der Waals surface area (Å²) in [5.41, 5.74) is 5.39. The molecule has 0 aromatic heterocycles. The van der Waals surface area contributed by atoms with Gasteiger partial charge in [0.05, 0.1) is 25.4 Å². The first-order valence-electron chi connectivity index (χ1n) is 25.8. The second-order valence-corrected chi connectivity index (χ2v) is 18.8. The molecule has 0 spiro atoms. The largest absolute Gasteiger partial charge is 0.472 e. The van der Waals surface area contributed by atoms with E-state index in [2.05, 4.69) is 55.6 Å². The van der Waals surface area contributed by atoms with E-state index < -0.39 is 20.0 Å². The summed E-state index contributed by atoms with van der Waals surface area (Å²) in [4.78, 5) is 22.8. The van der Waals surface area contributed by atoms with E-state index in [1.165, 1.54) is 180 Å². The summed E-state index contributed by atoms with van der Waals surface area (Å²) in [7, 11) is -4.36. The number of hydrogen-bond acceptors (Lipinski definition) is 6. The second kappa shape index (κ2) is 47.9. The highest BCUT2D eigenvalue weighted by Gasteiger charge is 2.26. The lowest BCUT2D eigenvalue weighted by molar-refractivity contribution is -0.123. The Morgan fingerprint density at radius 3 is 1.26 bits per heavy atom. The number of aliphatic hydroxyl groups is 1. The number of carbonyl (C=O) groups is 1. The Balaban J connectivity index is 4.14. The number of unbranched alkanes of at least 4 members (excludes halogenated alkanes) is 30. The van der Waals surface area contributed by atoms with Gasteiger partial charge < -0.3 is 21.1 Å². The number of phosphoric acid groups is 1. The molecule has 0 aliphatic heterocycles. The smallest absolute Gasteiger partial charge is 0.387 e. The van der Waals surface area contributed by atoms with Crippen molar-refractivity contribution >= 4 is 13.7 Å². The number of rotatable bonds is 48. The fourth-order valence-corrected chi connectivity index (χ4v) is 8.21. The third-order valence-electron chi connectivity index (χ3n) is 11.4. The van der Waals surface area contributed by atoms with Crippen molar-refractivity contribution in [1.82, 2.24) is 5.32 Å². The number of amides is 1. The Morgan fingerprint density at radius 2 is 0.869 bits per heavy atom. The summed E-state index contributed by atoms with van der Waals surface area (Å²) in [6.07, 6.45) is 60.4. The summed E-state index contributed by atoms with van der Waals surface area (Å²) in [5, 5.41) is 13.7. The van der Waals surface area contributed by atoms with Gasteiger partial charge in [-0.2, -0.15) is 0 Å². The standard InChI is InChI=1S/C52H99N2O6P/c1-3-5-7-9-11-13-15-17-19-21-23-24-25-26-28-30-32-34-36-38-40-42-44-46-52(56)54-50(49-60-61(57,58)59-48-47-53)51(55)45-43-41-39-37-35-33-31-29-27-22-20-18-16-14-12-10-8-6-4-2/h21,23,27,29,35,37,43,45,50-51,55H,3-20,22,24-26,28,30-34,36,38-42,44,46-49,53H2,1-2H3,(H,54,56)(H,57,58)/b23-21-,29-27+,37-35+,45-43+. The number of aliphatic hydroxyl groups excluding tert-OH is 1. The van der Waals surface area contributed by atoms with Crippen LogP contribution in [-0.2, 0) is 18.4 Å². The lowest BCUT2D eigenvalue weighted by Gasteiger charge is -2.23. The van der Waals surface area contributed by atoms with Crippen LogP contribution in [0.5, 0.6) is 0 Å². The molecule has 0 bridgehead atoms. The molecule has 8 nitrogen and oxygen atoms in total. The molecule has 61 heavy (non-hydrogen) atoms. The normalized spacial score (nSPS) is 14.2. The fourth-order valence-electron chi connectivity index (χ4n) is 7.45. The van der Waals surface area contributed by atoms with E-state index in [0.29, 0.717) is 6.42 Å². The van der Waals surface area contributed by atoms with Crippen molar-refractivity contribution in [2.75, 3.05) is 19.8 Å². The Morgan fingerprint density at radius 1 is 0.525 bits per heavy atom. The van der Waals surface area contributed by atoms with Crippen LogP contribution in [0, 0.1) is 0 Å². The lowest BCUT2D eigenvalue weighted by atomic mass is 10.0. The van der Waals surface area contributed by atoms with Crippen molar-refractivity contribution < 1.29 is 28.4 Å². The molecule has 0 saturated heterocycles. The SMILES string of the molecule is CCCCCCCCCC/C=C\CCCCCCCCCCCCCC(=O)NC(COP(=O)(O)OCCN)C(O)/C=C/CC/C=C/CC/C=C/CCCCCCCCCCC. The molecule has 0 aromatic carbocycles. The molecule has 0 rings (SSSR count). The van der Waals surface area contributed by atoms with E-state index in [-0.39, 0.29) is 25.7 Å². The molecule has 5 N–H and O–H groups in total. The van der Waals surface area contributed by atoms with Crippen LogP contribution in [0.15, 0.2) is 48.6 Å².